The first-order chi connectivity index (χ1) is 9.66. The summed E-state index contributed by atoms with van der Waals surface area (Å²) >= 11 is 0. The van der Waals surface area contributed by atoms with Crippen molar-refractivity contribution in [1.29, 1.82) is 0 Å². The highest BCUT2D eigenvalue weighted by atomic mass is 35.5. The van der Waals surface area contributed by atoms with Gasteiger partial charge in [-0.05, 0) is 37.4 Å². The molecule has 0 aromatic heterocycles. The summed E-state index contributed by atoms with van der Waals surface area (Å²) in [5.41, 5.74) is 2.05. The van der Waals surface area contributed by atoms with Crippen molar-refractivity contribution in [1.82, 2.24) is 4.90 Å². The van der Waals surface area contributed by atoms with Crippen LogP contribution in [-0.2, 0) is 4.74 Å². The molecule has 114 valence electrons. The first-order valence-corrected chi connectivity index (χ1v) is 6.73. The van der Waals surface area contributed by atoms with Crippen molar-refractivity contribution >= 4 is 12.4 Å². The Balaban J connectivity index is 0.00000220. The van der Waals surface area contributed by atoms with Crippen LogP contribution in [0.1, 0.15) is 17.2 Å². The van der Waals surface area contributed by atoms with Crippen molar-refractivity contribution in [2.45, 2.75) is 6.10 Å². The first-order valence-electron chi connectivity index (χ1n) is 6.73. The van der Waals surface area contributed by atoms with Crippen LogP contribution < -0.4 is 0 Å². The van der Waals surface area contributed by atoms with Gasteiger partial charge in [0.05, 0.1) is 6.61 Å². The molecule has 2 aromatic carbocycles. The summed E-state index contributed by atoms with van der Waals surface area (Å²) in [5, 5.41) is 0. The van der Waals surface area contributed by atoms with E-state index in [1.807, 2.05) is 44.4 Å². The maximum absolute atomic E-state index is 13.1. The molecule has 0 saturated carbocycles. The molecule has 21 heavy (non-hydrogen) atoms. The van der Waals surface area contributed by atoms with Crippen molar-refractivity contribution in [3.8, 4) is 0 Å². The van der Waals surface area contributed by atoms with Crippen LogP contribution in [0, 0.1) is 5.82 Å². The van der Waals surface area contributed by atoms with Gasteiger partial charge in [0.1, 0.15) is 11.9 Å². The predicted octanol–water partition coefficient (Wildman–Crippen LogP) is 3.92. The summed E-state index contributed by atoms with van der Waals surface area (Å²) in [5.74, 6) is -0.228. The zero-order valence-electron chi connectivity index (χ0n) is 12.3. The molecule has 0 aliphatic heterocycles. The molecule has 0 spiro atoms. The predicted molar refractivity (Wildman–Crippen MR) is 86.4 cm³/mol. The maximum Gasteiger partial charge on any atom is 0.123 e. The highest BCUT2D eigenvalue weighted by molar-refractivity contribution is 5.85. The molecule has 0 bridgehead atoms. The number of likely N-dealkylation sites (N-methyl/N-ethyl adjacent to an activating group) is 1. The first kappa shape index (κ1) is 17.6. The molecule has 0 aliphatic carbocycles. The SMILES string of the molecule is CN(C)CCOC(c1ccccc1)c1ccc(F)cc1.Cl. The molecule has 1 atom stereocenters. The van der Waals surface area contributed by atoms with E-state index in [9.17, 15) is 4.39 Å². The van der Waals surface area contributed by atoms with E-state index in [-0.39, 0.29) is 24.3 Å². The summed E-state index contributed by atoms with van der Waals surface area (Å²) in [4.78, 5) is 2.08. The molecule has 0 saturated heterocycles. The molecule has 0 amide bonds. The van der Waals surface area contributed by atoms with Crippen LogP contribution in [0.2, 0.25) is 0 Å². The normalized spacial score (nSPS) is 12.0. The number of rotatable bonds is 6. The van der Waals surface area contributed by atoms with E-state index in [4.69, 9.17) is 4.74 Å². The lowest BCUT2D eigenvalue weighted by atomic mass is 10.0. The Morgan fingerprint density at radius 2 is 1.52 bits per heavy atom. The van der Waals surface area contributed by atoms with Crippen LogP contribution in [0.3, 0.4) is 0 Å². The third-order valence-electron chi connectivity index (χ3n) is 3.10. The molecular formula is C17H21ClFNO. The van der Waals surface area contributed by atoms with Crippen LogP contribution in [0.5, 0.6) is 0 Å². The average molecular weight is 310 g/mol. The van der Waals surface area contributed by atoms with Gasteiger partial charge in [-0.25, -0.2) is 4.39 Å². The summed E-state index contributed by atoms with van der Waals surface area (Å²) in [6, 6.07) is 16.5. The molecule has 1 unspecified atom stereocenters. The van der Waals surface area contributed by atoms with Crippen LogP contribution in [-0.4, -0.2) is 32.1 Å². The Morgan fingerprint density at radius 3 is 2.10 bits per heavy atom. The monoisotopic (exact) mass is 309 g/mol. The lowest BCUT2D eigenvalue weighted by Gasteiger charge is -2.20. The van der Waals surface area contributed by atoms with Crippen LogP contribution in [0.4, 0.5) is 4.39 Å². The van der Waals surface area contributed by atoms with E-state index in [0.29, 0.717) is 6.61 Å². The molecule has 0 heterocycles. The van der Waals surface area contributed by atoms with E-state index < -0.39 is 0 Å². The van der Waals surface area contributed by atoms with E-state index in [0.717, 1.165) is 17.7 Å². The number of ether oxygens (including phenoxy) is 1. The third kappa shape index (κ3) is 5.46. The van der Waals surface area contributed by atoms with Crippen molar-refractivity contribution in [3.63, 3.8) is 0 Å². The van der Waals surface area contributed by atoms with Crippen LogP contribution in [0.25, 0.3) is 0 Å². The van der Waals surface area contributed by atoms with Gasteiger partial charge in [0.25, 0.3) is 0 Å². The molecule has 4 heteroatoms. The van der Waals surface area contributed by atoms with E-state index in [2.05, 4.69) is 4.90 Å². The Bertz CT molecular complexity index is 516. The zero-order valence-corrected chi connectivity index (χ0v) is 13.1. The zero-order chi connectivity index (χ0) is 14.4. The van der Waals surface area contributed by atoms with Crippen molar-refractivity contribution in [3.05, 3.63) is 71.5 Å². The maximum atomic E-state index is 13.1. The van der Waals surface area contributed by atoms with Gasteiger partial charge in [-0.1, -0.05) is 42.5 Å². The second kappa shape index (κ2) is 8.78. The minimum atomic E-state index is -0.228. The molecule has 2 rings (SSSR count). The topological polar surface area (TPSA) is 12.5 Å². The van der Waals surface area contributed by atoms with E-state index in [1.54, 1.807) is 12.1 Å². The minimum absolute atomic E-state index is 0. The summed E-state index contributed by atoms with van der Waals surface area (Å²) in [6.07, 6.45) is -0.156. The number of hydrogen-bond donors (Lipinski definition) is 0. The fraction of sp³-hybridized carbons (Fsp3) is 0.294. The lowest BCUT2D eigenvalue weighted by molar-refractivity contribution is 0.0687. The number of benzene rings is 2. The van der Waals surface area contributed by atoms with Gasteiger partial charge < -0.3 is 9.64 Å². The second-order valence-corrected chi connectivity index (χ2v) is 5.02. The van der Waals surface area contributed by atoms with Gasteiger partial charge in [0.2, 0.25) is 0 Å². The molecular weight excluding hydrogens is 289 g/mol. The molecule has 0 aliphatic rings. The number of nitrogens with zero attached hydrogens (tertiary/aromatic N) is 1. The van der Waals surface area contributed by atoms with Gasteiger partial charge in [-0.15, -0.1) is 12.4 Å². The Labute approximate surface area is 132 Å². The van der Waals surface area contributed by atoms with Gasteiger partial charge in [-0.2, -0.15) is 0 Å². The molecule has 0 fully saturated rings. The number of halogens is 2. The third-order valence-corrected chi connectivity index (χ3v) is 3.10. The second-order valence-electron chi connectivity index (χ2n) is 5.02. The summed E-state index contributed by atoms with van der Waals surface area (Å²) in [7, 11) is 4.03. The van der Waals surface area contributed by atoms with Crippen LogP contribution in [0.15, 0.2) is 54.6 Å². The van der Waals surface area contributed by atoms with Crippen LogP contribution >= 0.6 is 12.4 Å². The Morgan fingerprint density at radius 1 is 0.952 bits per heavy atom. The Hall–Kier alpha value is -1.42. The van der Waals surface area contributed by atoms with E-state index in [1.165, 1.54) is 12.1 Å². The highest BCUT2D eigenvalue weighted by Crippen LogP contribution is 2.25. The fourth-order valence-corrected chi connectivity index (χ4v) is 2.00. The summed E-state index contributed by atoms with van der Waals surface area (Å²) < 4.78 is 19.1. The number of hydrogen-bond acceptors (Lipinski definition) is 2. The fourth-order valence-electron chi connectivity index (χ4n) is 2.00. The van der Waals surface area contributed by atoms with Gasteiger partial charge >= 0.3 is 0 Å². The minimum Gasteiger partial charge on any atom is -0.367 e. The highest BCUT2D eigenvalue weighted by Gasteiger charge is 2.14. The molecule has 0 N–H and O–H groups in total. The lowest BCUT2D eigenvalue weighted by Crippen LogP contribution is -2.20. The largest absolute Gasteiger partial charge is 0.367 e. The van der Waals surface area contributed by atoms with Crippen molar-refractivity contribution < 1.29 is 9.13 Å². The average Bonchev–Trinajstić information content (AvgIpc) is 2.46. The summed E-state index contributed by atoms with van der Waals surface area (Å²) in [6.45, 7) is 1.48. The smallest absolute Gasteiger partial charge is 0.123 e. The quantitative estimate of drug-likeness (QED) is 0.802. The molecule has 2 nitrogen and oxygen atoms in total. The van der Waals surface area contributed by atoms with Crippen molar-refractivity contribution in [2.75, 3.05) is 27.2 Å². The van der Waals surface area contributed by atoms with Gasteiger partial charge in [0, 0.05) is 6.54 Å². The molecule has 2 aromatic rings. The molecule has 0 radical (unpaired) electrons. The van der Waals surface area contributed by atoms with E-state index >= 15 is 0 Å². The van der Waals surface area contributed by atoms with Gasteiger partial charge in [0.15, 0.2) is 0 Å². The van der Waals surface area contributed by atoms with Gasteiger partial charge in [-0.3, -0.25) is 0 Å². The Kier molecular flexibility index (Phi) is 7.37. The van der Waals surface area contributed by atoms with Crippen molar-refractivity contribution in [2.24, 2.45) is 0 Å². The standard InChI is InChI=1S/C17H20FNO.ClH/c1-19(2)12-13-20-17(14-6-4-3-5-7-14)15-8-10-16(18)11-9-15;/h3-11,17H,12-13H2,1-2H3;1H.